The van der Waals surface area contributed by atoms with Crippen LogP contribution in [0.15, 0.2) is 41.2 Å². The monoisotopic (exact) mass is 228 g/mol. The molecule has 0 saturated carbocycles. The second-order valence-corrected chi connectivity index (χ2v) is 4.29. The SMILES string of the molecule is Cc1ccc(CCc2cc(N)[nH]c(=O)c2)cc1. The molecule has 0 fully saturated rings. The van der Waals surface area contributed by atoms with E-state index >= 15 is 0 Å². The molecule has 3 N–H and O–H groups in total. The number of nitrogen functional groups attached to an aromatic ring is 1. The Kier molecular flexibility index (Phi) is 3.28. The van der Waals surface area contributed by atoms with Crippen LogP contribution in [-0.4, -0.2) is 4.98 Å². The summed E-state index contributed by atoms with van der Waals surface area (Å²) in [7, 11) is 0. The zero-order valence-electron chi connectivity index (χ0n) is 9.86. The number of nitrogens with one attached hydrogen (secondary N) is 1. The van der Waals surface area contributed by atoms with Gasteiger partial charge in [0.15, 0.2) is 0 Å². The predicted molar refractivity (Wildman–Crippen MR) is 70.1 cm³/mol. The first-order valence-electron chi connectivity index (χ1n) is 5.68. The van der Waals surface area contributed by atoms with Crippen molar-refractivity contribution >= 4 is 5.82 Å². The number of rotatable bonds is 3. The molecule has 0 aliphatic heterocycles. The molecule has 0 bridgehead atoms. The molecule has 0 atom stereocenters. The van der Waals surface area contributed by atoms with Gasteiger partial charge < -0.3 is 10.7 Å². The summed E-state index contributed by atoms with van der Waals surface area (Å²) in [4.78, 5) is 13.8. The predicted octanol–water partition coefficient (Wildman–Crippen LogP) is 2.05. The minimum atomic E-state index is -0.135. The first-order valence-corrected chi connectivity index (χ1v) is 5.68. The lowest BCUT2D eigenvalue weighted by molar-refractivity contribution is 0.951. The molecular weight excluding hydrogens is 212 g/mol. The molecule has 3 heteroatoms. The highest BCUT2D eigenvalue weighted by atomic mass is 16.1. The summed E-state index contributed by atoms with van der Waals surface area (Å²) in [5.74, 6) is 0.427. The first-order chi connectivity index (χ1) is 8.13. The number of benzene rings is 1. The number of aromatic amines is 1. The van der Waals surface area contributed by atoms with Gasteiger partial charge in [0.2, 0.25) is 5.56 Å². The van der Waals surface area contributed by atoms with E-state index in [4.69, 9.17) is 5.73 Å². The van der Waals surface area contributed by atoms with Crippen molar-refractivity contribution in [1.29, 1.82) is 0 Å². The van der Waals surface area contributed by atoms with Gasteiger partial charge in [-0.1, -0.05) is 29.8 Å². The van der Waals surface area contributed by atoms with Crippen molar-refractivity contribution in [2.45, 2.75) is 19.8 Å². The highest BCUT2D eigenvalue weighted by molar-refractivity contribution is 5.32. The third-order valence-electron chi connectivity index (χ3n) is 2.75. The van der Waals surface area contributed by atoms with Gasteiger partial charge in [0.05, 0.1) is 0 Å². The van der Waals surface area contributed by atoms with E-state index in [9.17, 15) is 4.79 Å². The number of hydrogen-bond donors (Lipinski definition) is 2. The maximum atomic E-state index is 11.2. The second kappa shape index (κ2) is 4.87. The first kappa shape index (κ1) is 11.5. The van der Waals surface area contributed by atoms with Gasteiger partial charge in [0.25, 0.3) is 0 Å². The molecule has 0 aliphatic carbocycles. The molecule has 1 aromatic heterocycles. The van der Waals surface area contributed by atoms with Crippen LogP contribution in [0.4, 0.5) is 5.82 Å². The summed E-state index contributed by atoms with van der Waals surface area (Å²) in [6, 6.07) is 11.8. The lowest BCUT2D eigenvalue weighted by Gasteiger charge is -2.03. The molecule has 0 aliphatic rings. The average molecular weight is 228 g/mol. The Bertz CT molecular complexity index is 555. The van der Waals surface area contributed by atoms with E-state index in [-0.39, 0.29) is 5.56 Å². The summed E-state index contributed by atoms with van der Waals surface area (Å²) < 4.78 is 0. The van der Waals surface area contributed by atoms with Crippen molar-refractivity contribution < 1.29 is 0 Å². The van der Waals surface area contributed by atoms with Crippen LogP contribution in [0.2, 0.25) is 0 Å². The fourth-order valence-corrected chi connectivity index (χ4v) is 1.81. The van der Waals surface area contributed by atoms with Crippen LogP contribution < -0.4 is 11.3 Å². The summed E-state index contributed by atoms with van der Waals surface area (Å²) in [6.45, 7) is 2.07. The highest BCUT2D eigenvalue weighted by Crippen LogP contribution is 2.08. The van der Waals surface area contributed by atoms with Crippen LogP contribution in [0.3, 0.4) is 0 Å². The average Bonchev–Trinajstić information content (AvgIpc) is 2.27. The number of nitrogens with two attached hydrogens (primary N) is 1. The third-order valence-corrected chi connectivity index (χ3v) is 2.75. The van der Waals surface area contributed by atoms with E-state index in [0.717, 1.165) is 18.4 Å². The number of aromatic nitrogens is 1. The molecule has 1 aromatic carbocycles. The summed E-state index contributed by atoms with van der Waals surface area (Å²) >= 11 is 0. The van der Waals surface area contributed by atoms with Gasteiger partial charge in [-0.2, -0.15) is 0 Å². The van der Waals surface area contributed by atoms with Crippen molar-refractivity contribution in [3.05, 3.63) is 63.4 Å². The number of aryl methyl sites for hydroxylation is 3. The van der Waals surface area contributed by atoms with Gasteiger partial charge in [0, 0.05) is 6.07 Å². The molecular formula is C14H16N2O. The maximum absolute atomic E-state index is 11.2. The van der Waals surface area contributed by atoms with E-state index in [1.54, 1.807) is 6.07 Å². The smallest absolute Gasteiger partial charge is 0.249 e. The molecule has 0 unspecified atom stereocenters. The van der Waals surface area contributed by atoms with E-state index in [1.807, 2.05) is 6.07 Å². The fourth-order valence-electron chi connectivity index (χ4n) is 1.81. The van der Waals surface area contributed by atoms with Gasteiger partial charge >= 0.3 is 0 Å². The minimum Gasteiger partial charge on any atom is -0.385 e. The van der Waals surface area contributed by atoms with E-state index in [1.165, 1.54) is 11.1 Å². The number of H-pyrrole nitrogens is 1. The molecule has 0 radical (unpaired) electrons. The van der Waals surface area contributed by atoms with Crippen LogP contribution in [0, 0.1) is 6.92 Å². The fraction of sp³-hybridized carbons (Fsp3) is 0.214. The Morgan fingerprint density at radius 3 is 2.35 bits per heavy atom. The largest absolute Gasteiger partial charge is 0.385 e. The Balaban J connectivity index is 2.07. The van der Waals surface area contributed by atoms with Gasteiger partial charge in [0.1, 0.15) is 5.82 Å². The van der Waals surface area contributed by atoms with Crippen LogP contribution in [0.25, 0.3) is 0 Å². The molecule has 0 spiro atoms. The van der Waals surface area contributed by atoms with Crippen molar-refractivity contribution in [3.8, 4) is 0 Å². The van der Waals surface area contributed by atoms with Crippen LogP contribution in [-0.2, 0) is 12.8 Å². The highest BCUT2D eigenvalue weighted by Gasteiger charge is 1.98. The number of pyridine rings is 1. The molecule has 1 heterocycles. The Morgan fingerprint density at radius 2 is 1.71 bits per heavy atom. The quantitative estimate of drug-likeness (QED) is 0.844. The second-order valence-electron chi connectivity index (χ2n) is 4.29. The van der Waals surface area contributed by atoms with Crippen molar-refractivity contribution in [1.82, 2.24) is 4.98 Å². The Morgan fingerprint density at radius 1 is 1.06 bits per heavy atom. The normalized spacial score (nSPS) is 10.4. The number of anilines is 1. The van der Waals surface area contributed by atoms with Gasteiger partial charge in [-0.15, -0.1) is 0 Å². The molecule has 2 aromatic rings. The van der Waals surface area contributed by atoms with E-state index < -0.39 is 0 Å². The van der Waals surface area contributed by atoms with Crippen LogP contribution >= 0.6 is 0 Å². The third kappa shape index (κ3) is 3.21. The van der Waals surface area contributed by atoms with Crippen LogP contribution in [0.5, 0.6) is 0 Å². The zero-order valence-corrected chi connectivity index (χ0v) is 9.86. The zero-order chi connectivity index (χ0) is 12.3. The number of hydrogen-bond acceptors (Lipinski definition) is 2. The van der Waals surface area contributed by atoms with Crippen LogP contribution in [0.1, 0.15) is 16.7 Å². The summed E-state index contributed by atoms with van der Waals surface area (Å²) in [6.07, 6.45) is 1.75. The molecule has 0 saturated heterocycles. The molecule has 88 valence electrons. The molecule has 3 nitrogen and oxygen atoms in total. The Hall–Kier alpha value is -2.03. The van der Waals surface area contributed by atoms with Gasteiger partial charge in [-0.05, 0) is 37.0 Å². The van der Waals surface area contributed by atoms with Crippen molar-refractivity contribution in [2.24, 2.45) is 0 Å². The molecule has 2 rings (SSSR count). The van der Waals surface area contributed by atoms with E-state index in [2.05, 4.69) is 36.2 Å². The Labute approximate surface area is 100 Å². The lowest BCUT2D eigenvalue weighted by atomic mass is 10.0. The van der Waals surface area contributed by atoms with Gasteiger partial charge in [-0.3, -0.25) is 4.79 Å². The summed E-state index contributed by atoms with van der Waals surface area (Å²) in [5.41, 5.74) is 8.97. The summed E-state index contributed by atoms with van der Waals surface area (Å²) in [5, 5.41) is 0. The maximum Gasteiger partial charge on any atom is 0.249 e. The van der Waals surface area contributed by atoms with E-state index in [0.29, 0.717) is 5.82 Å². The standard InChI is InChI=1S/C14H16N2O/c1-10-2-4-11(5-3-10)6-7-12-8-13(15)16-14(17)9-12/h2-5,8-9H,6-7H2,1H3,(H3,15,16,17). The topological polar surface area (TPSA) is 58.9 Å². The molecule has 0 amide bonds. The van der Waals surface area contributed by atoms with Gasteiger partial charge in [-0.25, -0.2) is 0 Å². The van der Waals surface area contributed by atoms with Crippen molar-refractivity contribution in [2.75, 3.05) is 5.73 Å². The molecule has 17 heavy (non-hydrogen) atoms. The minimum absolute atomic E-state index is 0.135. The lowest BCUT2D eigenvalue weighted by Crippen LogP contribution is -2.09. The van der Waals surface area contributed by atoms with Crippen molar-refractivity contribution in [3.63, 3.8) is 0 Å².